The predicted octanol–water partition coefficient (Wildman–Crippen LogP) is 4.25. The van der Waals surface area contributed by atoms with Gasteiger partial charge in [0.2, 0.25) is 0 Å². The van der Waals surface area contributed by atoms with Crippen LogP contribution in [0.25, 0.3) is 0 Å². The van der Waals surface area contributed by atoms with Gasteiger partial charge in [-0.25, -0.2) is 35.9 Å². The Kier molecular flexibility index (Phi) is 7.97. The SMILES string of the molecule is COC(=O)[C@H](Cc1ccc(OC(=O)c2ccc(F)c(F)c2F)cc1)NC(=O)c1ccc(F)c(F)c1F. The third kappa shape index (κ3) is 5.65. The maximum absolute atomic E-state index is 13.9. The van der Waals surface area contributed by atoms with Gasteiger partial charge in [0.25, 0.3) is 5.91 Å². The number of rotatable bonds is 7. The van der Waals surface area contributed by atoms with E-state index in [2.05, 4.69) is 10.1 Å². The van der Waals surface area contributed by atoms with Crippen LogP contribution in [0.4, 0.5) is 26.3 Å². The van der Waals surface area contributed by atoms with E-state index >= 15 is 0 Å². The summed E-state index contributed by atoms with van der Waals surface area (Å²) in [6, 6.07) is 6.32. The molecule has 0 aliphatic rings. The highest BCUT2D eigenvalue weighted by atomic mass is 19.2. The minimum atomic E-state index is -1.86. The average Bonchev–Trinajstić information content (AvgIpc) is 2.86. The van der Waals surface area contributed by atoms with Gasteiger partial charge in [-0.15, -0.1) is 0 Å². The van der Waals surface area contributed by atoms with E-state index in [-0.39, 0.29) is 12.2 Å². The zero-order valence-corrected chi connectivity index (χ0v) is 18.2. The molecule has 0 aliphatic carbocycles. The van der Waals surface area contributed by atoms with Gasteiger partial charge in [-0.2, -0.15) is 0 Å². The first-order chi connectivity index (χ1) is 17.0. The third-order valence-corrected chi connectivity index (χ3v) is 4.90. The number of esters is 2. The molecular formula is C24H15F6NO5. The van der Waals surface area contributed by atoms with Crippen molar-refractivity contribution in [2.75, 3.05) is 7.11 Å². The van der Waals surface area contributed by atoms with Crippen molar-refractivity contribution in [3.63, 3.8) is 0 Å². The Balaban J connectivity index is 1.72. The molecule has 0 aliphatic heterocycles. The summed E-state index contributed by atoms with van der Waals surface area (Å²) in [6.45, 7) is 0. The van der Waals surface area contributed by atoms with Crippen LogP contribution in [0.5, 0.6) is 5.75 Å². The van der Waals surface area contributed by atoms with Crippen LogP contribution < -0.4 is 10.1 Å². The number of benzene rings is 3. The standard InChI is InChI=1S/C24H15F6NO5/c1-35-24(34)17(31-22(32)13-6-8-15(25)20(29)18(13)27)10-11-2-4-12(5-3-11)36-23(33)14-7-9-16(26)21(30)19(14)28/h2-9,17H,10H2,1H3,(H,31,32)/t17-/m0/s1. The largest absolute Gasteiger partial charge is 0.467 e. The normalized spacial score (nSPS) is 11.5. The van der Waals surface area contributed by atoms with E-state index in [1.165, 1.54) is 24.3 Å². The number of methoxy groups -OCH3 is 1. The van der Waals surface area contributed by atoms with Crippen molar-refractivity contribution in [3.05, 3.63) is 100 Å². The number of amides is 1. The summed E-state index contributed by atoms with van der Waals surface area (Å²) in [5.41, 5.74) is -1.30. The number of ether oxygens (including phenoxy) is 2. The average molecular weight is 511 g/mol. The summed E-state index contributed by atoms with van der Waals surface area (Å²) in [5, 5.41) is 2.17. The van der Waals surface area contributed by atoms with Gasteiger partial charge in [0.1, 0.15) is 11.8 Å². The van der Waals surface area contributed by atoms with E-state index in [4.69, 9.17) is 4.74 Å². The molecule has 36 heavy (non-hydrogen) atoms. The molecule has 1 N–H and O–H groups in total. The number of carbonyl (C=O) groups is 3. The van der Waals surface area contributed by atoms with Gasteiger partial charge in [-0.05, 0) is 42.0 Å². The molecule has 0 saturated heterocycles. The number of carbonyl (C=O) groups excluding carboxylic acids is 3. The van der Waals surface area contributed by atoms with Crippen LogP contribution in [0.2, 0.25) is 0 Å². The fourth-order valence-electron chi connectivity index (χ4n) is 3.05. The van der Waals surface area contributed by atoms with Crippen LogP contribution >= 0.6 is 0 Å². The van der Waals surface area contributed by atoms with E-state index in [1.54, 1.807) is 0 Å². The second-order valence-corrected chi connectivity index (χ2v) is 7.23. The highest BCUT2D eigenvalue weighted by molar-refractivity contribution is 5.97. The Morgan fingerprint density at radius 3 is 1.83 bits per heavy atom. The first kappa shape index (κ1) is 26.3. The van der Waals surface area contributed by atoms with E-state index in [9.17, 15) is 40.7 Å². The molecule has 0 radical (unpaired) electrons. The molecule has 6 nitrogen and oxygen atoms in total. The van der Waals surface area contributed by atoms with Crippen LogP contribution in [0.1, 0.15) is 26.3 Å². The molecule has 0 fully saturated rings. The molecule has 0 bridgehead atoms. The Bertz CT molecular complexity index is 1330. The van der Waals surface area contributed by atoms with Crippen molar-refractivity contribution in [1.82, 2.24) is 5.32 Å². The predicted molar refractivity (Wildman–Crippen MR) is 111 cm³/mol. The van der Waals surface area contributed by atoms with Crippen molar-refractivity contribution >= 4 is 17.8 Å². The fraction of sp³-hybridized carbons (Fsp3) is 0.125. The minimum absolute atomic E-state index is 0.115. The Hall–Kier alpha value is -4.35. The zero-order chi connectivity index (χ0) is 26.6. The monoisotopic (exact) mass is 511 g/mol. The van der Waals surface area contributed by atoms with Crippen molar-refractivity contribution in [3.8, 4) is 5.75 Å². The van der Waals surface area contributed by atoms with Crippen LogP contribution in [0, 0.1) is 34.9 Å². The van der Waals surface area contributed by atoms with Crippen molar-refractivity contribution in [1.29, 1.82) is 0 Å². The molecule has 3 aromatic carbocycles. The van der Waals surface area contributed by atoms with Crippen molar-refractivity contribution in [2.24, 2.45) is 0 Å². The third-order valence-electron chi connectivity index (χ3n) is 4.90. The Morgan fingerprint density at radius 1 is 0.750 bits per heavy atom. The van der Waals surface area contributed by atoms with Gasteiger partial charge in [0, 0.05) is 6.42 Å². The molecule has 3 rings (SSSR count). The first-order valence-electron chi connectivity index (χ1n) is 10.00. The van der Waals surface area contributed by atoms with E-state index in [1.807, 2.05) is 0 Å². The summed E-state index contributed by atoms with van der Waals surface area (Å²) >= 11 is 0. The molecule has 0 spiro atoms. The molecule has 3 aromatic rings. The van der Waals surface area contributed by atoms with Gasteiger partial charge < -0.3 is 14.8 Å². The first-order valence-corrected chi connectivity index (χ1v) is 10.00. The van der Waals surface area contributed by atoms with Gasteiger partial charge in [0.05, 0.1) is 18.2 Å². The lowest BCUT2D eigenvalue weighted by Gasteiger charge is -2.17. The summed E-state index contributed by atoms with van der Waals surface area (Å²) in [7, 11) is 1.03. The van der Waals surface area contributed by atoms with Gasteiger partial charge in [-0.1, -0.05) is 12.1 Å². The van der Waals surface area contributed by atoms with Crippen LogP contribution in [0.3, 0.4) is 0 Å². The van der Waals surface area contributed by atoms with Crippen LogP contribution in [-0.4, -0.2) is 31.0 Å². The van der Waals surface area contributed by atoms with Gasteiger partial charge in [-0.3, -0.25) is 4.79 Å². The maximum Gasteiger partial charge on any atom is 0.346 e. The second-order valence-electron chi connectivity index (χ2n) is 7.23. The van der Waals surface area contributed by atoms with Gasteiger partial charge in [0.15, 0.2) is 34.9 Å². The van der Waals surface area contributed by atoms with E-state index < -0.39 is 69.9 Å². The van der Waals surface area contributed by atoms with E-state index in [0.717, 1.165) is 7.11 Å². The number of halogens is 6. The molecule has 1 amide bonds. The quantitative estimate of drug-likeness (QED) is 0.222. The minimum Gasteiger partial charge on any atom is -0.467 e. The number of hydrogen-bond donors (Lipinski definition) is 1. The fourth-order valence-corrected chi connectivity index (χ4v) is 3.05. The molecule has 188 valence electrons. The maximum atomic E-state index is 13.9. The lowest BCUT2D eigenvalue weighted by atomic mass is 10.0. The molecule has 0 heterocycles. The number of nitrogens with one attached hydrogen (secondary N) is 1. The second kappa shape index (κ2) is 10.9. The van der Waals surface area contributed by atoms with Crippen LogP contribution in [-0.2, 0) is 16.0 Å². The van der Waals surface area contributed by atoms with E-state index in [0.29, 0.717) is 29.8 Å². The summed E-state index contributed by atoms with van der Waals surface area (Å²) in [6.07, 6.45) is -0.213. The van der Waals surface area contributed by atoms with Crippen molar-refractivity contribution < 1.29 is 50.2 Å². The summed E-state index contributed by atoms with van der Waals surface area (Å²) in [4.78, 5) is 36.5. The molecule has 0 saturated carbocycles. The lowest BCUT2D eigenvalue weighted by Crippen LogP contribution is -2.43. The Morgan fingerprint density at radius 2 is 1.28 bits per heavy atom. The summed E-state index contributed by atoms with van der Waals surface area (Å²) in [5.74, 6) is -13.7. The van der Waals surface area contributed by atoms with Gasteiger partial charge >= 0.3 is 11.9 Å². The number of hydrogen-bond acceptors (Lipinski definition) is 5. The smallest absolute Gasteiger partial charge is 0.346 e. The van der Waals surface area contributed by atoms with Crippen LogP contribution in [0.15, 0.2) is 48.5 Å². The molecular weight excluding hydrogens is 496 g/mol. The lowest BCUT2D eigenvalue weighted by molar-refractivity contribution is -0.142. The molecule has 0 unspecified atom stereocenters. The topological polar surface area (TPSA) is 81.7 Å². The highest BCUT2D eigenvalue weighted by Gasteiger charge is 2.26. The molecule has 1 atom stereocenters. The molecule has 12 heteroatoms. The zero-order valence-electron chi connectivity index (χ0n) is 18.2. The Labute approximate surface area is 199 Å². The highest BCUT2D eigenvalue weighted by Crippen LogP contribution is 2.20. The summed E-state index contributed by atoms with van der Waals surface area (Å²) < 4.78 is 90.1. The van der Waals surface area contributed by atoms with Crippen molar-refractivity contribution in [2.45, 2.75) is 12.5 Å². The molecule has 0 aromatic heterocycles.